The van der Waals surface area contributed by atoms with Gasteiger partial charge in [0.15, 0.2) is 0 Å². The zero-order chi connectivity index (χ0) is 15.0. The van der Waals surface area contributed by atoms with E-state index in [0.29, 0.717) is 17.5 Å². The summed E-state index contributed by atoms with van der Waals surface area (Å²) in [7, 11) is 0. The smallest absolute Gasteiger partial charge is 0.275 e. The first-order valence-corrected chi connectivity index (χ1v) is 7.42. The average Bonchev–Trinajstić information content (AvgIpc) is 2.90. The fourth-order valence-corrected chi connectivity index (χ4v) is 2.38. The summed E-state index contributed by atoms with van der Waals surface area (Å²) in [6, 6.07) is 4.46. The third-order valence-corrected chi connectivity index (χ3v) is 3.63. The second kappa shape index (κ2) is 5.28. The highest BCUT2D eigenvalue weighted by molar-refractivity contribution is 7.98. The minimum atomic E-state index is -0.521. The van der Waals surface area contributed by atoms with Crippen LogP contribution in [-0.2, 0) is 6.54 Å². The van der Waals surface area contributed by atoms with E-state index in [1.54, 1.807) is 6.07 Å². The molecule has 0 aliphatic rings. The summed E-state index contributed by atoms with van der Waals surface area (Å²) in [4.78, 5) is 19.9. The quantitative estimate of drug-likeness (QED) is 0.542. The van der Waals surface area contributed by atoms with Gasteiger partial charge in [-0.15, -0.1) is 5.10 Å². The van der Waals surface area contributed by atoms with Crippen LogP contribution >= 0.6 is 11.8 Å². The van der Waals surface area contributed by atoms with E-state index >= 15 is 0 Å². The molecule has 108 valence electrons. The lowest BCUT2D eigenvalue weighted by Crippen LogP contribution is -2.20. The molecule has 0 unspecified atom stereocenters. The molecule has 0 atom stereocenters. The highest BCUT2D eigenvalue weighted by atomic mass is 32.2. The molecule has 3 aromatic rings. The molecule has 3 aromatic heterocycles. The number of hydrogen-bond acceptors (Lipinski definition) is 5. The highest BCUT2D eigenvalue weighted by Crippen LogP contribution is 2.13. The molecule has 0 aromatic carbocycles. The SMILES string of the molecule is CSc1nc2n(Cc3ccc(F)nc3)c(C)cc(=O)n2n1. The second-order valence-electron chi connectivity index (χ2n) is 4.51. The summed E-state index contributed by atoms with van der Waals surface area (Å²) in [5.74, 6) is -0.0543. The van der Waals surface area contributed by atoms with Crippen LogP contribution in [0.4, 0.5) is 4.39 Å². The summed E-state index contributed by atoms with van der Waals surface area (Å²) in [6.45, 7) is 2.27. The van der Waals surface area contributed by atoms with E-state index in [-0.39, 0.29) is 5.56 Å². The first-order valence-electron chi connectivity index (χ1n) is 6.20. The Balaban J connectivity index is 2.14. The van der Waals surface area contributed by atoms with Crippen molar-refractivity contribution in [1.29, 1.82) is 0 Å². The number of halogens is 1. The average molecular weight is 305 g/mol. The predicted molar refractivity (Wildman–Crippen MR) is 77.1 cm³/mol. The molecule has 0 amide bonds. The molecule has 3 heterocycles. The Morgan fingerprint density at radius 1 is 1.38 bits per heavy atom. The van der Waals surface area contributed by atoms with Crippen LogP contribution in [0.25, 0.3) is 5.78 Å². The van der Waals surface area contributed by atoms with Crippen LogP contribution in [-0.4, -0.2) is 30.4 Å². The van der Waals surface area contributed by atoms with Gasteiger partial charge < -0.3 is 4.57 Å². The van der Waals surface area contributed by atoms with Crippen molar-refractivity contribution < 1.29 is 4.39 Å². The zero-order valence-corrected chi connectivity index (χ0v) is 12.3. The maximum absolute atomic E-state index is 12.9. The van der Waals surface area contributed by atoms with Crippen molar-refractivity contribution in [2.75, 3.05) is 6.26 Å². The monoisotopic (exact) mass is 305 g/mol. The first-order chi connectivity index (χ1) is 10.1. The number of rotatable bonds is 3. The number of thioether (sulfide) groups is 1. The fourth-order valence-electron chi connectivity index (χ4n) is 2.05. The Labute approximate surface area is 123 Å². The van der Waals surface area contributed by atoms with Crippen molar-refractivity contribution in [2.45, 2.75) is 18.6 Å². The lowest BCUT2D eigenvalue weighted by Gasteiger charge is -2.11. The molecule has 3 rings (SSSR count). The molecule has 21 heavy (non-hydrogen) atoms. The lowest BCUT2D eigenvalue weighted by atomic mass is 10.2. The molecule has 0 saturated carbocycles. The number of aryl methyl sites for hydroxylation is 1. The third kappa shape index (κ3) is 2.54. The molecule has 0 aliphatic carbocycles. The zero-order valence-electron chi connectivity index (χ0n) is 11.4. The molecule has 0 saturated heterocycles. The van der Waals surface area contributed by atoms with Crippen LogP contribution in [0.5, 0.6) is 0 Å². The van der Waals surface area contributed by atoms with Gasteiger partial charge in [-0.25, -0.2) is 4.98 Å². The van der Waals surface area contributed by atoms with Gasteiger partial charge in [0.2, 0.25) is 16.9 Å². The normalized spacial score (nSPS) is 11.2. The maximum Gasteiger partial charge on any atom is 0.275 e. The van der Waals surface area contributed by atoms with Gasteiger partial charge >= 0.3 is 0 Å². The van der Waals surface area contributed by atoms with Gasteiger partial charge in [0.05, 0.1) is 6.54 Å². The third-order valence-electron chi connectivity index (χ3n) is 3.09. The van der Waals surface area contributed by atoms with E-state index in [2.05, 4.69) is 15.1 Å². The maximum atomic E-state index is 12.9. The minimum absolute atomic E-state index is 0.219. The number of aromatic nitrogens is 5. The van der Waals surface area contributed by atoms with Crippen molar-refractivity contribution in [3.8, 4) is 0 Å². The number of nitrogens with zero attached hydrogens (tertiary/aromatic N) is 5. The summed E-state index contributed by atoms with van der Waals surface area (Å²) < 4.78 is 16.0. The molecule has 8 heteroatoms. The van der Waals surface area contributed by atoms with E-state index in [9.17, 15) is 9.18 Å². The van der Waals surface area contributed by atoms with Gasteiger partial charge in [-0.1, -0.05) is 17.8 Å². The summed E-state index contributed by atoms with van der Waals surface area (Å²) >= 11 is 1.37. The Morgan fingerprint density at radius 3 is 2.86 bits per heavy atom. The van der Waals surface area contributed by atoms with E-state index in [4.69, 9.17) is 0 Å². The molecular formula is C13H12FN5OS. The van der Waals surface area contributed by atoms with Crippen LogP contribution in [0, 0.1) is 12.9 Å². The summed E-state index contributed by atoms with van der Waals surface area (Å²) in [5.41, 5.74) is 1.36. The fraction of sp³-hybridized carbons (Fsp3) is 0.231. The van der Waals surface area contributed by atoms with Gasteiger partial charge in [0, 0.05) is 18.0 Å². The van der Waals surface area contributed by atoms with Gasteiger partial charge in [-0.3, -0.25) is 4.79 Å². The predicted octanol–water partition coefficient (Wildman–Crippen LogP) is 1.50. The Hall–Kier alpha value is -2.22. The second-order valence-corrected chi connectivity index (χ2v) is 5.28. The number of hydrogen-bond donors (Lipinski definition) is 0. The largest absolute Gasteiger partial charge is 0.310 e. The van der Waals surface area contributed by atoms with Crippen molar-refractivity contribution >= 4 is 17.5 Å². The van der Waals surface area contributed by atoms with E-state index in [1.807, 2.05) is 17.7 Å². The van der Waals surface area contributed by atoms with Crippen molar-refractivity contribution in [3.63, 3.8) is 0 Å². The summed E-state index contributed by atoms with van der Waals surface area (Å²) in [6.07, 6.45) is 3.32. The molecule has 0 aliphatic heterocycles. The van der Waals surface area contributed by atoms with E-state index in [0.717, 1.165) is 11.3 Å². The lowest BCUT2D eigenvalue weighted by molar-refractivity contribution is 0.581. The molecule has 0 fully saturated rings. The van der Waals surface area contributed by atoms with Crippen LogP contribution in [0.3, 0.4) is 0 Å². The van der Waals surface area contributed by atoms with Gasteiger partial charge in [0.25, 0.3) is 5.56 Å². The minimum Gasteiger partial charge on any atom is -0.310 e. The standard InChI is InChI=1S/C13H12FN5OS/c1-8-5-11(20)19-13(16-12(17-19)21-2)18(8)7-9-3-4-10(14)15-6-9/h3-6H,7H2,1-2H3. The van der Waals surface area contributed by atoms with Gasteiger partial charge in [-0.05, 0) is 24.8 Å². The molecular weight excluding hydrogens is 293 g/mol. The van der Waals surface area contributed by atoms with E-state index < -0.39 is 5.95 Å². The molecule has 0 radical (unpaired) electrons. The van der Waals surface area contributed by atoms with Gasteiger partial charge in [-0.2, -0.15) is 13.9 Å². The number of pyridine rings is 1. The molecule has 0 bridgehead atoms. The Kier molecular flexibility index (Phi) is 3.46. The molecule has 0 N–H and O–H groups in total. The highest BCUT2D eigenvalue weighted by Gasteiger charge is 2.12. The molecule has 0 spiro atoms. The van der Waals surface area contributed by atoms with Crippen molar-refractivity contribution in [3.05, 3.63) is 52.0 Å². The Bertz CT molecular complexity index is 855. The van der Waals surface area contributed by atoms with E-state index in [1.165, 1.54) is 34.6 Å². The van der Waals surface area contributed by atoms with Crippen molar-refractivity contribution in [2.24, 2.45) is 0 Å². The van der Waals surface area contributed by atoms with Crippen LogP contribution < -0.4 is 5.56 Å². The van der Waals surface area contributed by atoms with Crippen LogP contribution in [0.15, 0.2) is 34.3 Å². The van der Waals surface area contributed by atoms with Crippen LogP contribution in [0.2, 0.25) is 0 Å². The van der Waals surface area contributed by atoms with Crippen molar-refractivity contribution in [1.82, 2.24) is 24.1 Å². The summed E-state index contributed by atoms with van der Waals surface area (Å²) in [5, 5.41) is 4.68. The number of fused-ring (bicyclic) bond motifs is 1. The topological polar surface area (TPSA) is 65.1 Å². The van der Waals surface area contributed by atoms with Crippen LogP contribution in [0.1, 0.15) is 11.3 Å². The Morgan fingerprint density at radius 2 is 2.19 bits per heavy atom. The first kappa shape index (κ1) is 13.7. The van der Waals surface area contributed by atoms with Gasteiger partial charge in [0.1, 0.15) is 0 Å². The molecule has 6 nitrogen and oxygen atoms in total.